The molecule has 17 nitrogen and oxygen atoms in total. The van der Waals surface area contributed by atoms with E-state index in [4.69, 9.17) is 37.0 Å². The predicted octanol–water partition coefficient (Wildman–Crippen LogP) is 23.3. The van der Waals surface area contributed by atoms with E-state index in [0.717, 1.165) is 148 Å². The van der Waals surface area contributed by atoms with Gasteiger partial charge < -0.3 is 33.8 Å². The first-order valence-corrected chi connectivity index (χ1v) is 43.1. The van der Waals surface area contributed by atoms with E-state index in [9.17, 15) is 43.2 Å². The Hall–Kier alpha value is -4.28. The summed E-state index contributed by atoms with van der Waals surface area (Å²) in [6.07, 6.45) is 80.7. The van der Waals surface area contributed by atoms with E-state index in [0.29, 0.717) is 32.1 Å². The maximum absolute atomic E-state index is 13.1. The Morgan fingerprint density at radius 2 is 0.510 bits per heavy atom. The summed E-state index contributed by atoms with van der Waals surface area (Å²) in [5.41, 5.74) is 0. The normalized spacial score (nSPS) is 14.5. The highest BCUT2D eigenvalue weighted by Crippen LogP contribution is 2.45. The monoisotopic (exact) mass is 1470 g/mol. The van der Waals surface area contributed by atoms with Crippen LogP contribution in [0.15, 0.2) is 109 Å². The van der Waals surface area contributed by atoms with Crippen LogP contribution in [0.1, 0.15) is 336 Å². The van der Waals surface area contributed by atoms with Crippen molar-refractivity contribution in [1.82, 2.24) is 0 Å². The van der Waals surface area contributed by atoms with Crippen molar-refractivity contribution in [2.24, 2.45) is 0 Å². The van der Waals surface area contributed by atoms with Crippen molar-refractivity contribution < 1.29 is 80.2 Å². The number of esters is 4. The molecule has 588 valence electrons. The first kappa shape index (κ1) is 97.7. The third-order valence-electron chi connectivity index (χ3n) is 16.7. The van der Waals surface area contributed by atoms with Crippen LogP contribution in [-0.2, 0) is 65.4 Å². The van der Waals surface area contributed by atoms with Crippen LogP contribution in [0.25, 0.3) is 0 Å². The van der Waals surface area contributed by atoms with E-state index in [2.05, 4.69) is 137 Å². The summed E-state index contributed by atoms with van der Waals surface area (Å²) in [7, 11) is -9.97. The summed E-state index contributed by atoms with van der Waals surface area (Å²) in [6, 6.07) is 0. The van der Waals surface area contributed by atoms with E-state index in [1.54, 1.807) is 0 Å². The average molecular weight is 1480 g/mol. The summed E-state index contributed by atoms with van der Waals surface area (Å²) in [5, 5.41) is 10.6. The molecular weight excluding hydrogens is 1330 g/mol. The lowest BCUT2D eigenvalue weighted by molar-refractivity contribution is -0.161. The van der Waals surface area contributed by atoms with Gasteiger partial charge in [0.2, 0.25) is 0 Å². The first-order valence-electron chi connectivity index (χ1n) is 40.1. The number of ether oxygens (including phenoxy) is 4. The highest BCUT2D eigenvalue weighted by Gasteiger charge is 2.30. The van der Waals surface area contributed by atoms with E-state index in [1.165, 1.54) is 103 Å². The second-order valence-corrected chi connectivity index (χ2v) is 29.5. The molecule has 5 unspecified atom stereocenters. The smallest absolute Gasteiger partial charge is 0.462 e. The van der Waals surface area contributed by atoms with Crippen molar-refractivity contribution in [3.05, 3.63) is 109 Å². The Morgan fingerprint density at radius 1 is 0.284 bits per heavy atom. The number of phosphoric ester groups is 2. The standard InChI is InChI=1S/C83H144O17P2/c1-5-9-13-17-21-25-29-33-37-38-42-44-48-52-56-60-64-68-81(86)94-74-79(100-83(88)70-66-62-58-54-50-46-41-36-32-28-24-20-16-12-8-4)76-98-102(91,92)96-72-77(84)71-95-101(89,90)97-75-78(99-82(87)69-65-61-57-53-49-45-40-35-31-27-23-19-15-11-7-3)73-93-80(85)67-63-59-55-51-47-43-39-34-30-26-22-18-14-10-6-2/h9,12-13,16,21,24-25,28,33-34,36-37,39,41-42,44,50,54,77-79,84H,5-8,10-11,14-15,17-20,22-23,26-27,29-32,35,38,40,43,45-49,51-53,55-76H2,1-4H3,(H,89,90)(H,91,92)/b13-9-,16-12-,25-21-,28-24-,37-33-,39-34-,41-36-,44-42-,54-50-. The molecule has 0 aromatic heterocycles. The molecule has 0 amide bonds. The van der Waals surface area contributed by atoms with Crippen LogP contribution in [0.3, 0.4) is 0 Å². The molecule has 0 aliphatic heterocycles. The topological polar surface area (TPSA) is 237 Å². The zero-order valence-corrected chi connectivity index (χ0v) is 66.0. The molecule has 0 aromatic carbocycles. The maximum atomic E-state index is 13.1. The number of allylic oxidation sites excluding steroid dienone is 18. The first-order chi connectivity index (χ1) is 49.7. The molecule has 3 N–H and O–H groups in total. The van der Waals surface area contributed by atoms with Gasteiger partial charge in [-0.15, -0.1) is 0 Å². The molecule has 0 rings (SSSR count). The van der Waals surface area contributed by atoms with Gasteiger partial charge in [-0.2, -0.15) is 0 Å². The van der Waals surface area contributed by atoms with E-state index >= 15 is 0 Å². The number of carbonyl (C=O) groups excluding carboxylic acids is 4. The molecule has 0 saturated carbocycles. The van der Waals surface area contributed by atoms with Crippen molar-refractivity contribution in [2.45, 2.75) is 354 Å². The Labute approximate surface area is 619 Å². The SMILES string of the molecule is CC/C=C\C/C=C\C/C=C\C/C=C\CCCCCCC(=O)OCC(COP(=O)(O)OCC(O)COP(=O)(O)OCC(COC(=O)CCCCCCC/C=C\CCCCCCCC)OC(=O)CCCCCCCCCCCCCCCCC)OC(=O)CCCC/C=C\C/C=C\C/C=C\C/C=C\CC. The molecule has 0 saturated heterocycles. The molecule has 0 aliphatic carbocycles. The minimum atomic E-state index is -4.99. The summed E-state index contributed by atoms with van der Waals surface area (Å²) >= 11 is 0. The predicted molar refractivity (Wildman–Crippen MR) is 418 cm³/mol. The molecule has 0 fully saturated rings. The van der Waals surface area contributed by atoms with Crippen LogP contribution in [-0.4, -0.2) is 96.7 Å². The fraction of sp³-hybridized carbons (Fsp3) is 0.735. The number of aliphatic hydroxyl groups is 1. The zero-order valence-electron chi connectivity index (χ0n) is 64.3. The second kappa shape index (κ2) is 75.0. The van der Waals surface area contributed by atoms with Gasteiger partial charge in [0, 0.05) is 25.7 Å². The highest BCUT2D eigenvalue weighted by atomic mass is 31.2. The summed E-state index contributed by atoms with van der Waals surface area (Å²) in [6.45, 7) is 4.60. The van der Waals surface area contributed by atoms with Gasteiger partial charge in [-0.1, -0.05) is 291 Å². The Kier molecular flexibility index (Phi) is 71.8. The van der Waals surface area contributed by atoms with Crippen molar-refractivity contribution in [1.29, 1.82) is 0 Å². The largest absolute Gasteiger partial charge is 0.472 e. The number of carbonyl (C=O) groups is 4. The van der Waals surface area contributed by atoms with Crippen LogP contribution < -0.4 is 0 Å². The van der Waals surface area contributed by atoms with Gasteiger partial charge in [0.1, 0.15) is 19.3 Å². The van der Waals surface area contributed by atoms with E-state index < -0.39 is 97.5 Å². The summed E-state index contributed by atoms with van der Waals surface area (Å²) < 4.78 is 68.6. The molecule has 5 atom stereocenters. The molecule has 0 spiro atoms. The van der Waals surface area contributed by atoms with E-state index in [1.807, 2.05) is 0 Å². The lowest BCUT2D eigenvalue weighted by Gasteiger charge is -2.21. The third kappa shape index (κ3) is 74.0. The van der Waals surface area contributed by atoms with Gasteiger partial charge in [-0.25, -0.2) is 9.13 Å². The van der Waals surface area contributed by atoms with Gasteiger partial charge >= 0.3 is 39.5 Å². The number of aliphatic hydroxyl groups excluding tert-OH is 1. The minimum Gasteiger partial charge on any atom is -0.462 e. The third-order valence-corrected chi connectivity index (χ3v) is 18.6. The van der Waals surface area contributed by atoms with Crippen molar-refractivity contribution in [2.75, 3.05) is 39.6 Å². The number of phosphoric acid groups is 2. The highest BCUT2D eigenvalue weighted by molar-refractivity contribution is 7.47. The van der Waals surface area contributed by atoms with Gasteiger partial charge in [0.05, 0.1) is 26.4 Å². The van der Waals surface area contributed by atoms with Crippen molar-refractivity contribution in [3.63, 3.8) is 0 Å². The van der Waals surface area contributed by atoms with Gasteiger partial charge in [0.25, 0.3) is 0 Å². The number of rotatable bonds is 75. The van der Waals surface area contributed by atoms with Crippen LogP contribution in [0, 0.1) is 0 Å². The Morgan fingerprint density at radius 3 is 0.814 bits per heavy atom. The molecular formula is C83H144O17P2. The maximum Gasteiger partial charge on any atom is 0.472 e. The Bertz CT molecular complexity index is 2360. The lowest BCUT2D eigenvalue weighted by Crippen LogP contribution is -2.30. The zero-order chi connectivity index (χ0) is 74.6. The molecule has 19 heteroatoms. The average Bonchev–Trinajstić information content (AvgIpc) is 0.923. The Balaban J connectivity index is 5.41. The van der Waals surface area contributed by atoms with Crippen LogP contribution in [0.5, 0.6) is 0 Å². The molecule has 0 radical (unpaired) electrons. The minimum absolute atomic E-state index is 0.0356. The fourth-order valence-electron chi connectivity index (χ4n) is 10.7. The van der Waals surface area contributed by atoms with Gasteiger partial charge in [-0.3, -0.25) is 37.3 Å². The quantitative estimate of drug-likeness (QED) is 0.0169. The lowest BCUT2D eigenvalue weighted by atomic mass is 10.0. The van der Waals surface area contributed by atoms with E-state index in [-0.39, 0.29) is 25.7 Å². The van der Waals surface area contributed by atoms with Crippen molar-refractivity contribution in [3.8, 4) is 0 Å². The van der Waals surface area contributed by atoms with Crippen molar-refractivity contribution >= 4 is 39.5 Å². The fourth-order valence-corrected chi connectivity index (χ4v) is 12.2. The summed E-state index contributed by atoms with van der Waals surface area (Å²) in [5.74, 6) is -2.24. The molecule has 0 aromatic rings. The summed E-state index contributed by atoms with van der Waals surface area (Å²) in [4.78, 5) is 73.0. The van der Waals surface area contributed by atoms with Crippen LogP contribution in [0.2, 0.25) is 0 Å². The van der Waals surface area contributed by atoms with Crippen LogP contribution in [0.4, 0.5) is 0 Å². The van der Waals surface area contributed by atoms with Gasteiger partial charge in [0.15, 0.2) is 12.2 Å². The number of hydrogen-bond acceptors (Lipinski definition) is 15. The molecule has 0 heterocycles. The second-order valence-electron chi connectivity index (χ2n) is 26.6. The molecule has 0 aliphatic rings. The number of unbranched alkanes of at least 4 members (excludes halogenated alkanes) is 31. The van der Waals surface area contributed by atoms with Crippen LogP contribution >= 0.6 is 15.6 Å². The molecule has 0 bridgehead atoms. The molecule has 102 heavy (non-hydrogen) atoms. The number of hydrogen-bond donors (Lipinski definition) is 3. The van der Waals surface area contributed by atoms with Gasteiger partial charge in [-0.05, 0) is 128 Å².